The van der Waals surface area contributed by atoms with Crippen molar-refractivity contribution in [3.8, 4) is 0 Å². The number of hydrogen-bond acceptors (Lipinski definition) is 1. The summed E-state index contributed by atoms with van der Waals surface area (Å²) in [6.45, 7) is 6.36. The van der Waals surface area contributed by atoms with Crippen LogP contribution in [-0.2, 0) is 0 Å². The van der Waals surface area contributed by atoms with Gasteiger partial charge < -0.3 is 11.2 Å². The molecular formula is C10H27NO. The van der Waals surface area contributed by atoms with Crippen molar-refractivity contribution < 1.29 is 5.48 Å². The monoisotopic (exact) mass is 177 g/mol. The Bertz CT molecular complexity index is 51.8. The van der Waals surface area contributed by atoms with E-state index in [1.807, 2.05) is 13.8 Å². The molecule has 0 spiro atoms. The van der Waals surface area contributed by atoms with Gasteiger partial charge in [0.25, 0.3) is 0 Å². The van der Waals surface area contributed by atoms with Crippen LogP contribution in [0.5, 0.6) is 0 Å². The van der Waals surface area contributed by atoms with Gasteiger partial charge >= 0.3 is 0 Å². The normalized spacial score (nSPS) is 15.8. The van der Waals surface area contributed by atoms with Crippen molar-refractivity contribution in [2.75, 3.05) is 7.05 Å². The summed E-state index contributed by atoms with van der Waals surface area (Å²) in [4.78, 5) is 0. The highest BCUT2D eigenvalue weighted by Crippen LogP contribution is 2.21. The molecule has 12 heavy (non-hydrogen) atoms. The average molecular weight is 177 g/mol. The van der Waals surface area contributed by atoms with E-state index >= 15 is 0 Å². The van der Waals surface area contributed by atoms with Gasteiger partial charge in [0.2, 0.25) is 0 Å². The summed E-state index contributed by atoms with van der Waals surface area (Å²) in [5, 5.41) is 0. The van der Waals surface area contributed by atoms with Crippen molar-refractivity contribution in [3.63, 3.8) is 0 Å². The first-order valence-corrected chi connectivity index (χ1v) is 4.97. The summed E-state index contributed by atoms with van der Waals surface area (Å²) in [5.74, 6) is 1.04. The van der Waals surface area contributed by atoms with Crippen LogP contribution < -0.4 is 5.73 Å². The van der Waals surface area contributed by atoms with Crippen LogP contribution in [0.3, 0.4) is 0 Å². The zero-order chi connectivity index (χ0) is 9.11. The molecule has 0 aromatic heterocycles. The van der Waals surface area contributed by atoms with Gasteiger partial charge in [-0.1, -0.05) is 52.9 Å². The molecule has 0 aliphatic heterocycles. The van der Waals surface area contributed by atoms with E-state index in [1.54, 1.807) is 0 Å². The van der Waals surface area contributed by atoms with E-state index in [4.69, 9.17) is 0 Å². The molecule has 2 heteroatoms. The fourth-order valence-corrected chi connectivity index (χ4v) is 1.31. The standard InChI is InChI=1S/C7H14.C2H6.CH5N.H2O/c1-7-5-3-2-4-6-7;2*1-2;/h7H,2-6H2,1H3;1-2H3;2H2,1H3;1H2. The van der Waals surface area contributed by atoms with Crippen molar-refractivity contribution in [3.05, 3.63) is 0 Å². The molecule has 0 radical (unpaired) electrons. The molecule has 0 aromatic rings. The van der Waals surface area contributed by atoms with Crippen LogP contribution in [0.15, 0.2) is 0 Å². The van der Waals surface area contributed by atoms with Gasteiger partial charge in [-0.3, -0.25) is 0 Å². The van der Waals surface area contributed by atoms with Crippen LogP contribution in [0.2, 0.25) is 0 Å². The summed E-state index contributed by atoms with van der Waals surface area (Å²) >= 11 is 0. The van der Waals surface area contributed by atoms with Crippen molar-refractivity contribution in [2.24, 2.45) is 11.7 Å². The molecule has 0 aromatic carbocycles. The summed E-state index contributed by atoms with van der Waals surface area (Å²) < 4.78 is 0. The fourth-order valence-electron chi connectivity index (χ4n) is 1.31. The Balaban J connectivity index is -0.000000144. The van der Waals surface area contributed by atoms with Crippen LogP contribution >= 0.6 is 0 Å². The highest BCUT2D eigenvalue weighted by molar-refractivity contribution is 4.59. The number of hydrogen-bond donors (Lipinski definition) is 1. The first-order valence-electron chi connectivity index (χ1n) is 4.97. The van der Waals surface area contributed by atoms with E-state index in [-0.39, 0.29) is 5.48 Å². The average Bonchev–Trinajstić information content (AvgIpc) is 2.13. The Kier molecular flexibility index (Phi) is 25.5. The zero-order valence-electron chi connectivity index (χ0n) is 9.19. The third-order valence-electron chi connectivity index (χ3n) is 1.89. The first kappa shape index (κ1) is 17.9. The van der Waals surface area contributed by atoms with Gasteiger partial charge in [-0.2, -0.15) is 0 Å². The number of rotatable bonds is 0. The smallest absolute Gasteiger partial charge is 0.0195 e. The van der Waals surface area contributed by atoms with E-state index in [0.29, 0.717) is 0 Å². The van der Waals surface area contributed by atoms with E-state index in [2.05, 4.69) is 12.7 Å². The quantitative estimate of drug-likeness (QED) is 0.606. The van der Waals surface area contributed by atoms with Gasteiger partial charge in [0, 0.05) is 0 Å². The van der Waals surface area contributed by atoms with Gasteiger partial charge in [0.15, 0.2) is 0 Å². The maximum absolute atomic E-state index is 4.50. The van der Waals surface area contributed by atoms with Crippen molar-refractivity contribution in [1.29, 1.82) is 0 Å². The lowest BCUT2D eigenvalue weighted by atomic mass is 9.91. The van der Waals surface area contributed by atoms with Crippen LogP contribution in [0.4, 0.5) is 0 Å². The minimum Gasteiger partial charge on any atom is -0.412 e. The molecule has 4 N–H and O–H groups in total. The van der Waals surface area contributed by atoms with E-state index in [1.165, 1.54) is 39.2 Å². The van der Waals surface area contributed by atoms with E-state index in [9.17, 15) is 0 Å². The second kappa shape index (κ2) is 17.1. The van der Waals surface area contributed by atoms with Crippen LogP contribution in [0, 0.1) is 5.92 Å². The highest BCUT2D eigenvalue weighted by atomic mass is 16.0. The molecule has 1 saturated carbocycles. The molecule has 78 valence electrons. The molecule has 1 aliphatic rings. The van der Waals surface area contributed by atoms with Crippen LogP contribution in [-0.4, -0.2) is 12.5 Å². The lowest BCUT2D eigenvalue weighted by Gasteiger charge is -2.15. The first-order chi connectivity index (χ1) is 5.39. The summed E-state index contributed by atoms with van der Waals surface area (Å²) in [6, 6.07) is 0. The third kappa shape index (κ3) is 12.6. The summed E-state index contributed by atoms with van der Waals surface area (Å²) in [6.07, 6.45) is 7.44. The topological polar surface area (TPSA) is 57.5 Å². The van der Waals surface area contributed by atoms with Gasteiger partial charge in [0.1, 0.15) is 0 Å². The highest BCUT2D eigenvalue weighted by Gasteiger charge is 2.05. The fraction of sp³-hybridized carbons (Fsp3) is 1.00. The van der Waals surface area contributed by atoms with Gasteiger partial charge in [0.05, 0.1) is 0 Å². The molecule has 0 bridgehead atoms. The summed E-state index contributed by atoms with van der Waals surface area (Å²) in [7, 11) is 1.50. The maximum Gasteiger partial charge on any atom is -0.0195 e. The molecule has 2 nitrogen and oxygen atoms in total. The Labute approximate surface area is 77.9 Å². The molecule has 1 aliphatic carbocycles. The zero-order valence-corrected chi connectivity index (χ0v) is 9.19. The second-order valence-electron chi connectivity index (χ2n) is 2.74. The van der Waals surface area contributed by atoms with E-state index in [0.717, 1.165) is 5.92 Å². The molecule has 0 atom stereocenters. The SMILES string of the molecule is CC.CC1CCCCC1.CN.O. The van der Waals surface area contributed by atoms with Gasteiger partial charge in [-0.05, 0) is 13.0 Å². The number of nitrogens with two attached hydrogens (primary N) is 1. The minimum absolute atomic E-state index is 0. The van der Waals surface area contributed by atoms with Crippen LogP contribution in [0.25, 0.3) is 0 Å². The Morgan fingerprint density at radius 1 is 0.917 bits per heavy atom. The van der Waals surface area contributed by atoms with Crippen molar-refractivity contribution >= 4 is 0 Å². The molecule has 0 amide bonds. The second-order valence-corrected chi connectivity index (χ2v) is 2.74. The lowest BCUT2D eigenvalue weighted by Crippen LogP contribution is -1.99. The molecular weight excluding hydrogens is 150 g/mol. The predicted molar refractivity (Wildman–Crippen MR) is 57.3 cm³/mol. The Morgan fingerprint density at radius 2 is 1.25 bits per heavy atom. The third-order valence-corrected chi connectivity index (χ3v) is 1.89. The minimum atomic E-state index is 0. The molecule has 0 saturated heterocycles. The van der Waals surface area contributed by atoms with Crippen LogP contribution in [0.1, 0.15) is 52.9 Å². The van der Waals surface area contributed by atoms with Crippen molar-refractivity contribution in [2.45, 2.75) is 52.9 Å². The molecule has 1 rings (SSSR count). The maximum atomic E-state index is 4.50. The lowest BCUT2D eigenvalue weighted by molar-refractivity contribution is 0.385. The Morgan fingerprint density at radius 3 is 1.42 bits per heavy atom. The molecule has 0 heterocycles. The largest absolute Gasteiger partial charge is 0.412 e. The molecule has 1 fully saturated rings. The van der Waals surface area contributed by atoms with Crippen molar-refractivity contribution in [1.82, 2.24) is 0 Å². The predicted octanol–water partition coefficient (Wildman–Crippen LogP) is 2.36. The van der Waals surface area contributed by atoms with E-state index < -0.39 is 0 Å². The van der Waals surface area contributed by atoms with Gasteiger partial charge in [-0.15, -0.1) is 0 Å². The summed E-state index contributed by atoms with van der Waals surface area (Å²) in [5.41, 5.74) is 4.50. The van der Waals surface area contributed by atoms with Gasteiger partial charge in [-0.25, -0.2) is 0 Å². The Hall–Kier alpha value is -0.0800. The molecule has 0 unspecified atom stereocenters.